The lowest BCUT2D eigenvalue weighted by Crippen LogP contribution is -2.30. The second-order valence-electron chi connectivity index (χ2n) is 6.13. The Morgan fingerprint density at radius 2 is 1.69 bits per heavy atom. The van der Waals surface area contributed by atoms with Crippen molar-refractivity contribution in [1.29, 1.82) is 5.26 Å². The Morgan fingerprint density at radius 1 is 1.00 bits per heavy atom. The summed E-state index contributed by atoms with van der Waals surface area (Å²) in [5.41, 5.74) is 1.50. The van der Waals surface area contributed by atoms with Crippen LogP contribution >= 0.6 is 0 Å². The minimum atomic E-state index is -1.07. The first-order chi connectivity index (χ1) is 13.8. The van der Waals surface area contributed by atoms with Crippen LogP contribution in [-0.2, 0) is 14.3 Å². The molecule has 2 rings (SSSR count). The molecule has 8 nitrogen and oxygen atoms in total. The van der Waals surface area contributed by atoms with Crippen molar-refractivity contribution in [2.24, 2.45) is 0 Å². The van der Waals surface area contributed by atoms with Crippen molar-refractivity contribution in [2.45, 2.75) is 26.4 Å². The highest BCUT2D eigenvalue weighted by molar-refractivity contribution is 5.99. The minimum absolute atomic E-state index is 0.132. The molecule has 2 aromatic rings. The number of amides is 2. The number of hydrogen-bond donors (Lipinski definition) is 2. The summed E-state index contributed by atoms with van der Waals surface area (Å²) >= 11 is 0. The van der Waals surface area contributed by atoms with Crippen molar-refractivity contribution in [3.05, 3.63) is 59.7 Å². The van der Waals surface area contributed by atoms with Gasteiger partial charge >= 0.3 is 5.97 Å². The highest BCUT2D eigenvalue weighted by Gasteiger charge is 2.19. The number of Topliss-reactive ketones (excluding diaryl/α,β-unsaturated/α-hetero) is 1. The predicted octanol–water partition coefficient (Wildman–Crippen LogP) is 2.93. The number of ether oxygens (including phenoxy) is 1. The Kier molecular flexibility index (Phi) is 7.20. The zero-order chi connectivity index (χ0) is 21.4. The summed E-state index contributed by atoms with van der Waals surface area (Å²) in [6, 6.07) is 14.0. The largest absolute Gasteiger partial charge is 0.449 e. The van der Waals surface area contributed by atoms with Crippen molar-refractivity contribution >= 4 is 34.9 Å². The first kappa shape index (κ1) is 21.3. The van der Waals surface area contributed by atoms with Crippen molar-refractivity contribution in [3.8, 4) is 6.07 Å². The van der Waals surface area contributed by atoms with Gasteiger partial charge in [-0.1, -0.05) is 12.1 Å². The van der Waals surface area contributed by atoms with Crippen LogP contribution in [0.4, 0.5) is 11.4 Å². The van der Waals surface area contributed by atoms with Crippen LogP contribution in [0.25, 0.3) is 0 Å². The third-order valence-corrected chi connectivity index (χ3v) is 3.83. The van der Waals surface area contributed by atoms with Crippen LogP contribution in [0.15, 0.2) is 48.5 Å². The number of benzene rings is 2. The molecule has 2 N–H and O–H groups in total. The summed E-state index contributed by atoms with van der Waals surface area (Å²) < 4.78 is 5.16. The molecule has 8 heteroatoms. The quantitative estimate of drug-likeness (QED) is 0.550. The molecular formula is C21H19N3O5. The molecule has 0 saturated heterocycles. The van der Waals surface area contributed by atoms with E-state index in [1.807, 2.05) is 0 Å². The van der Waals surface area contributed by atoms with Gasteiger partial charge in [0.2, 0.25) is 5.91 Å². The number of carbonyl (C=O) groups excluding carboxylic acids is 4. The van der Waals surface area contributed by atoms with Gasteiger partial charge in [0.15, 0.2) is 11.9 Å². The van der Waals surface area contributed by atoms with E-state index in [1.165, 1.54) is 44.2 Å². The van der Waals surface area contributed by atoms with Crippen molar-refractivity contribution in [2.75, 3.05) is 10.6 Å². The van der Waals surface area contributed by atoms with Crippen LogP contribution in [-0.4, -0.2) is 29.7 Å². The maximum absolute atomic E-state index is 12.3. The van der Waals surface area contributed by atoms with E-state index in [2.05, 4.69) is 10.6 Å². The maximum Gasteiger partial charge on any atom is 0.338 e. The molecule has 0 aliphatic carbocycles. The molecular weight excluding hydrogens is 374 g/mol. The van der Waals surface area contributed by atoms with E-state index < -0.39 is 23.9 Å². The number of nitrogens with one attached hydrogen (secondary N) is 2. The topological polar surface area (TPSA) is 125 Å². The molecule has 148 valence electrons. The lowest BCUT2D eigenvalue weighted by atomic mass is 10.1. The molecule has 0 aliphatic heterocycles. The zero-order valence-electron chi connectivity index (χ0n) is 15.9. The van der Waals surface area contributed by atoms with Gasteiger partial charge in [-0.3, -0.25) is 14.4 Å². The summed E-state index contributed by atoms with van der Waals surface area (Å²) in [6.45, 7) is 2.85. The number of ketones is 1. The summed E-state index contributed by atoms with van der Waals surface area (Å²) in [5, 5.41) is 13.6. The normalized spacial score (nSPS) is 10.9. The monoisotopic (exact) mass is 393 g/mol. The molecule has 0 heterocycles. The number of hydrogen-bond acceptors (Lipinski definition) is 6. The lowest BCUT2D eigenvalue weighted by molar-refractivity contribution is -0.123. The molecule has 0 bridgehead atoms. The number of nitrogens with zero attached hydrogens (tertiary/aromatic N) is 1. The number of rotatable bonds is 7. The van der Waals surface area contributed by atoms with Crippen LogP contribution < -0.4 is 10.6 Å². The molecule has 0 aliphatic rings. The fourth-order valence-corrected chi connectivity index (χ4v) is 2.31. The minimum Gasteiger partial charge on any atom is -0.449 e. The average Bonchev–Trinajstić information content (AvgIpc) is 2.68. The van der Waals surface area contributed by atoms with Gasteiger partial charge in [0, 0.05) is 16.9 Å². The SMILES string of the molecule is CC(=O)c1cccc(NC(=O)[C@@H](C)OC(=O)c2ccc(NC(=O)CC#N)cc2)c1. The first-order valence-electron chi connectivity index (χ1n) is 8.70. The standard InChI is InChI=1S/C21H19N3O5/c1-13(25)16-4-3-5-18(12-16)24-20(27)14(2)29-21(28)15-6-8-17(9-7-15)23-19(26)10-11-22/h3-9,12,14H,10H2,1-2H3,(H,23,26)(H,24,27)/t14-/m1/s1. The Bertz CT molecular complexity index is 977. The second kappa shape index (κ2) is 9.80. The first-order valence-corrected chi connectivity index (χ1v) is 8.70. The third-order valence-electron chi connectivity index (χ3n) is 3.83. The Hall–Kier alpha value is -3.99. The van der Waals surface area contributed by atoms with Crippen LogP contribution in [0.2, 0.25) is 0 Å². The van der Waals surface area contributed by atoms with E-state index in [-0.39, 0.29) is 17.8 Å². The number of esters is 1. The van der Waals surface area contributed by atoms with Gasteiger partial charge in [0.05, 0.1) is 11.6 Å². The smallest absolute Gasteiger partial charge is 0.338 e. The van der Waals surface area contributed by atoms with Crippen molar-refractivity contribution in [1.82, 2.24) is 0 Å². The maximum atomic E-state index is 12.3. The van der Waals surface area contributed by atoms with Crippen LogP contribution in [0.1, 0.15) is 41.0 Å². The molecule has 0 saturated carbocycles. The Labute approximate surface area is 167 Å². The Morgan fingerprint density at radius 3 is 2.31 bits per heavy atom. The molecule has 0 aromatic heterocycles. The van der Waals surface area contributed by atoms with Crippen molar-refractivity contribution < 1.29 is 23.9 Å². The summed E-state index contributed by atoms with van der Waals surface area (Å²) in [5.74, 6) is -1.84. The number of carbonyl (C=O) groups is 4. The van der Waals surface area contributed by atoms with E-state index in [9.17, 15) is 19.2 Å². The van der Waals surface area contributed by atoms with Gasteiger partial charge in [0.1, 0.15) is 6.42 Å². The highest BCUT2D eigenvalue weighted by atomic mass is 16.5. The van der Waals surface area contributed by atoms with E-state index in [4.69, 9.17) is 10.00 Å². The summed E-state index contributed by atoms with van der Waals surface area (Å²) in [6.07, 6.45) is -1.34. The van der Waals surface area contributed by atoms with Crippen LogP contribution in [0.3, 0.4) is 0 Å². The molecule has 0 spiro atoms. The molecule has 0 fully saturated rings. The lowest BCUT2D eigenvalue weighted by Gasteiger charge is -2.14. The van der Waals surface area contributed by atoms with Crippen LogP contribution in [0, 0.1) is 11.3 Å². The molecule has 2 amide bonds. The second-order valence-corrected chi connectivity index (χ2v) is 6.13. The summed E-state index contributed by atoms with van der Waals surface area (Å²) in [4.78, 5) is 47.3. The third kappa shape index (κ3) is 6.29. The van der Waals surface area contributed by atoms with E-state index >= 15 is 0 Å². The fourth-order valence-electron chi connectivity index (χ4n) is 2.31. The van der Waals surface area contributed by atoms with Gasteiger partial charge in [-0.15, -0.1) is 0 Å². The zero-order valence-corrected chi connectivity index (χ0v) is 15.9. The fraction of sp³-hybridized carbons (Fsp3) is 0.190. The van der Waals surface area contributed by atoms with E-state index in [0.717, 1.165) is 0 Å². The van der Waals surface area contributed by atoms with Gasteiger partial charge in [-0.2, -0.15) is 5.26 Å². The molecule has 1 atom stereocenters. The van der Waals surface area contributed by atoms with Gasteiger partial charge < -0.3 is 15.4 Å². The molecule has 0 unspecified atom stereocenters. The van der Waals surface area contributed by atoms with Gasteiger partial charge in [0.25, 0.3) is 5.91 Å². The number of anilines is 2. The molecule has 0 radical (unpaired) electrons. The Balaban J connectivity index is 1.95. The molecule has 2 aromatic carbocycles. The predicted molar refractivity (Wildman–Crippen MR) is 105 cm³/mol. The highest BCUT2D eigenvalue weighted by Crippen LogP contribution is 2.14. The average molecular weight is 393 g/mol. The van der Waals surface area contributed by atoms with E-state index in [0.29, 0.717) is 16.9 Å². The summed E-state index contributed by atoms with van der Waals surface area (Å²) in [7, 11) is 0. The van der Waals surface area contributed by atoms with E-state index in [1.54, 1.807) is 24.3 Å². The number of nitriles is 1. The van der Waals surface area contributed by atoms with Crippen LogP contribution in [0.5, 0.6) is 0 Å². The van der Waals surface area contributed by atoms with Gasteiger partial charge in [-0.05, 0) is 50.2 Å². The van der Waals surface area contributed by atoms with Crippen molar-refractivity contribution in [3.63, 3.8) is 0 Å². The molecule has 29 heavy (non-hydrogen) atoms. The van der Waals surface area contributed by atoms with Gasteiger partial charge in [-0.25, -0.2) is 4.79 Å².